The molecule has 5 nitrogen and oxygen atoms in total. The number of ether oxygens (including phenoxy) is 1. The van der Waals surface area contributed by atoms with E-state index in [1.165, 1.54) is 29.8 Å². The molecule has 1 N–H and O–H groups in total. The number of rotatable bonds is 6. The molecule has 0 radical (unpaired) electrons. The molecule has 0 amide bonds. The van der Waals surface area contributed by atoms with E-state index >= 15 is 0 Å². The number of nitrogens with one attached hydrogen (secondary N) is 1. The summed E-state index contributed by atoms with van der Waals surface area (Å²) in [7, 11) is 1.39. The van der Waals surface area contributed by atoms with Crippen molar-refractivity contribution in [3.63, 3.8) is 0 Å². The molecule has 0 aliphatic heterocycles. The van der Waals surface area contributed by atoms with Crippen LogP contribution >= 0.6 is 34.4 Å². The molecule has 0 aliphatic carbocycles. The van der Waals surface area contributed by atoms with E-state index in [2.05, 4.69) is 20.3 Å². The van der Waals surface area contributed by atoms with Crippen LogP contribution < -0.4 is 5.32 Å². The van der Waals surface area contributed by atoms with Gasteiger partial charge in [0.2, 0.25) is 5.13 Å². The Morgan fingerprint density at radius 2 is 2.26 bits per heavy atom. The molecule has 0 saturated carbocycles. The number of aromatic nitrogens is 2. The van der Waals surface area contributed by atoms with Gasteiger partial charge in [0.1, 0.15) is 4.88 Å². The van der Waals surface area contributed by atoms with Crippen molar-refractivity contribution in [3.05, 3.63) is 21.9 Å². The lowest BCUT2D eigenvalue weighted by molar-refractivity contribution is 0.0606. The van der Waals surface area contributed by atoms with Gasteiger partial charge in [0.15, 0.2) is 4.34 Å². The zero-order chi connectivity index (χ0) is 13.7. The van der Waals surface area contributed by atoms with Crippen molar-refractivity contribution in [3.8, 4) is 0 Å². The van der Waals surface area contributed by atoms with Crippen molar-refractivity contribution in [2.75, 3.05) is 19.0 Å². The highest BCUT2D eigenvalue weighted by Crippen LogP contribution is 2.30. The third-order valence-corrected chi connectivity index (χ3v) is 5.43. The van der Waals surface area contributed by atoms with Gasteiger partial charge in [0.05, 0.1) is 7.11 Å². The number of hydrogen-bond acceptors (Lipinski definition) is 8. The Hall–Kier alpha value is -1.12. The summed E-state index contributed by atoms with van der Waals surface area (Å²) in [6, 6.07) is 3.73. The molecule has 0 fully saturated rings. The molecule has 2 heterocycles. The van der Waals surface area contributed by atoms with Crippen molar-refractivity contribution in [1.29, 1.82) is 0 Å². The van der Waals surface area contributed by atoms with Gasteiger partial charge in [-0.15, -0.1) is 21.5 Å². The second kappa shape index (κ2) is 6.88. The highest BCUT2D eigenvalue weighted by molar-refractivity contribution is 8.00. The number of methoxy groups -OCH3 is 1. The molecule has 0 atom stereocenters. The molecule has 19 heavy (non-hydrogen) atoms. The topological polar surface area (TPSA) is 64.1 Å². The van der Waals surface area contributed by atoms with Crippen LogP contribution in [0.15, 0.2) is 16.5 Å². The summed E-state index contributed by atoms with van der Waals surface area (Å²) in [6.45, 7) is 2.86. The highest BCUT2D eigenvalue weighted by atomic mass is 32.2. The maximum absolute atomic E-state index is 11.3. The number of carbonyl (C=O) groups is 1. The van der Waals surface area contributed by atoms with E-state index in [-0.39, 0.29) is 5.97 Å². The minimum absolute atomic E-state index is 0.286. The standard InChI is InChI=1S/C11H13N3O2S3/c1-3-12-10-13-14-11(19-10)17-6-7-4-5-8(18-7)9(15)16-2/h4-5H,3,6H2,1-2H3,(H,12,13). The Kier molecular flexibility index (Phi) is 5.17. The third kappa shape index (κ3) is 3.92. The Morgan fingerprint density at radius 3 is 3.00 bits per heavy atom. The van der Waals surface area contributed by atoms with Crippen LogP contribution in [0, 0.1) is 0 Å². The van der Waals surface area contributed by atoms with Crippen molar-refractivity contribution in [1.82, 2.24) is 10.2 Å². The summed E-state index contributed by atoms with van der Waals surface area (Å²) in [5.41, 5.74) is 0. The summed E-state index contributed by atoms with van der Waals surface area (Å²) in [6.07, 6.45) is 0. The maximum Gasteiger partial charge on any atom is 0.348 e. The summed E-state index contributed by atoms with van der Waals surface area (Å²) in [4.78, 5) is 13.1. The second-order valence-corrected chi connectivity index (χ2v) is 6.82. The van der Waals surface area contributed by atoms with Crippen LogP contribution in [-0.4, -0.2) is 29.8 Å². The first kappa shape index (κ1) is 14.3. The van der Waals surface area contributed by atoms with Crippen LogP contribution in [0.4, 0.5) is 5.13 Å². The van der Waals surface area contributed by atoms with Gasteiger partial charge < -0.3 is 10.1 Å². The van der Waals surface area contributed by atoms with E-state index in [0.717, 1.165) is 26.6 Å². The van der Waals surface area contributed by atoms with E-state index in [0.29, 0.717) is 4.88 Å². The van der Waals surface area contributed by atoms with Gasteiger partial charge in [-0.2, -0.15) is 0 Å². The smallest absolute Gasteiger partial charge is 0.348 e. The summed E-state index contributed by atoms with van der Waals surface area (Å²) in [5.74, 6) is 0.495. The maximum atomic E-state index is 11.3. The monoisotopic (exact) mass is 315 g/mol. The van der Waals surface area contributed by atoms with Crippen LogP contribution in [-0.2, 0) is 10.5 Å². The largest absolute Gasteiger partial charge is 0.465 e. The van der Waals surface area contributed by atoms with Crippen LogP contribution in [0.2, 0.25) is 0 Å². The number of thiophene rings is 1. The Labute approximate surface area is 123 Å². The number of thioether (sulfide) groups is 1. The number of esters is 1. The highest BCUT2D eigenvalue weighted by Gasteiger charge is 2.10. The lowest BCUT2D eigenvalue weighted by Gasteiger charge is -1.94. The van der Waals surface area contributed by atoms with Crippen molar-refractivity contribution in [2.45, 2.75) is 17.0 Å². The molecule has 0 spiro atoms. The van der Waals surface area contributed by atoms with Crippen molar-refractivity contribution < 1.29 is 9.53 Å². The van der Waals surface area contributed by atoms with E-state index in [4.69, 9.17) is 0 Å². The normalized spacial score (nSPS) is 10.4. The van der Waals surface area contributed by atoms with Gasteiger partial charge in [0.25, 0.3) is 0 Å². The molecular formula is C11H13N3O2S3. The Balaban J connectivity index is 1.90. The van der Waals surface area contributed by atoms with Crippen LogP contribution in [0.25, 0.3) is 0 Å². The van der Waals surface area contributed by atoms with Crippen molar-refractivity contribution in [2.24, 2.45) is 0 Å². The molecule has 2 rings (SSSR count). The zero-order valence-corrected chi connectivity index (χ0v) is 13.0. The average Bonchev–Trinajstić information content (AvgIpc) is 3.05. The third-order valence-electron chi connectivity index (χ3n) is 2.12. The predicted octanol–water partition coefficient (Wildman–Crippen LogP) is 3.11. The van der Waals surface area contributed by atoms with Gasteiger partial charge in [-0.25, -0.2) is 4.79 Å². The quantitative estimate of drug-likeness (QED) is 0.653. The van der Waals surface area contributed by atoms with Gasteiger partial charge in [-0.05, 0) is 19.1 Å². The Morgan fingerprint density at radius 1 is 1.42 bits per heavy atom. The molecule has 2 aromatic rings. The number of carbonyl (C=O) groups excluding carboxylic acids is 1. The first-order valence-corrected chi connectivity index (χ1v) is 8.22. The van der Waals surface area contributed by atoms with E-state index in [1.807, 2.05) is 13.0 Å². The fourth-order valence-electron chi connectivity index (χ4n) is 1.29. The fourth-order valence-corrected chi connectivity index (χ4v) is 4.08. The average molecular weight is 315 g/mol. The zero-order valence-electron chi connectivity index (χ0n) is 10.5. The predicted molar refractivity (Wildman–Crippen MR) is 79.3 cm³/mol. The molecule has 8 heteroatoms. The van der Waals surface area contributed by atoms with Crippen LogP contribution in [0.1, 0.15) is 21.5 Å². The fraction of sp³-hybridized carbons (Fsp3) is 0.364. The van der Waals surface area contributed by atoms with Crippen LogP contribution in [0.5, 0.6) is 0 Å². The van der Waals surface area contributed by atoms with Gasteiger partial charge >= 0.3 is 5.97 Å². The van der Waals surface area contributed by atoms with Crippen molar-refractivity contribution >= 4 is 45.5 Å². The van der Waals surface area contributed by atoms with E-state index in [9.17, 15) is 4.79 Å². The SMILES string of the molecule is CCNc1nnc(SCc2ccc(C(=O)OC)s2)s1. The first-order valence-electron chi connectivity index (χ1n) is 5.60. The van der Waals surface area contributed by atoms with E-state index < -0.39 is 0 Å². The molecule has 0 aliphatic rings. The number of anilines is 1. The molecule has 102 valence electrons. The minimum atomic E-state index is -0.286. The molecule has 2 aromatic heterocycles. The summed E-state index contributed by atoms with van der Waals surface area (Å²) < 4.78 is 5.60. The number of nitrogens with zero attached hydrogens (tertiary/aromatic N) is 2. The summed E-state index contributed by atoms with van der Waals surface area (Å²) >= 11 is 4.60. The lowest BCUT2D eigenvalue weighted by atomic mass is 10.4. The van der Waals surface area contributed by atoms with Crippen LogP contribution in [0.3, 0.4) is 0 Å². The molecule has 0 bridgehead atoms. The lowest BCUT2D eigenvalue weighted by Crippen LogP contribution is -1.96. The van der Waals surface area contributed by atoms with E-state index in [1.54, 1.807) is 17.8 Å². The molecule has 0 unspecified atom stereocenters. The van der Waals surface area contributed by atoms with Gasteiger partial charge in [-0.3, -0.25) is 0 Å². The second-order valence-electron chi connectivity index (χ2n) is 3.45. The summed E-state index contributed by atoms with van der Waals surface area (Å²) in [5, 5.41) is 12.1. The first-order chi connectivity index (χ1) is 9.22. The molecular weight excluding hydrogens is 302 g/mol. The minimum Gasteiger partial charge on any atom is -0.465 e. The number of hydrogen-bond donors (Lipinski definition) is 1. The van der Waals surface area contributed by atoms with Gasteiger partial charge in [-0.1, -0.05) is 23.1 Å². The van der Waals surface area contributed by atoms with Gasteiger partial charge in [0, 0.05) is 17.2 Å². The molecule has 0 saturated heterocycles. The molecule has 0 aromatic carbocycles. The Bertz CT molecular complexity index is 553.